The van der Waals surface area contributed by atoms with Crippen molar-refractivity contribution in [2.75, 3.05) is 24.6 Å². The van der Waals surface area contributed by atoms with Crippen molar-refractivity contribution in [1.29, 1.82) is 0 Å². The van der Waals surface area contributed by atoms with Gasteiger partial charge in [0, 0.05) is 18.5 Å². The van der Waals surface area contributed by atoms with Crippen molar-refractivity contribution in [2.24, 2.45) is 5.92 Å². The van der Waals surface area contributed by atoms with Crippen LogP contribution in [0.2, 0.25) is 0 Å². The molecular formula is C36H43N5O6. The number of nitrogens with zero attached hydrogens (tertiary/aromatic N) is 5. The maximum atomic E-state index is 13.9. The number of benzene rings is 2. The quantitative estimate of drug-likeness (QED) is 0.164. The Balaban J connectivity index is 1.49. The Morgan fingerprint density at radius 1 is 1.09 bits per heavy atom. The molecule has 0 saturated carbocycles. The number of piperidine rings is 1. The number of carbonyl (C=O) groups excluding carboxylic acids is 2. The molecule has 1 aliphatic rings. The van der Waals surface area contributed by atoms with Crippen molar-refractivity contribution < 1.29 is 28.5 Å². The van der Waals surface area contributed by atoms with Gasteiger partial charge in [-0.25, -0.2) is 14.5 Å². The maximum Gasteiger partial charge on any atom is 0.420 e. The van der Waals surface area contributed by atoms with Crippen molar-refractivity contribution in [3.63, 3.8) is 0 Å². The number of amides is 2. The standard InChI is InChI=1S/C36H43N5O6/c1-7-12-27-20-22-39(34(42)45-24-26-13-10-9-11-14-26)23-30(27)46-32-25(3)33(41-31(38-32)19-21-37-41)40(35(43)47-36(4,5)6)28-15-17-29(18-16-28)44-8-2/h7,9-11,13-19,21,27,30H,1,8,12,20,22-24H2,2-6H3/t27-,30-/m0/s1. The second-order valence-corrected chi connectivity index (χ2v) is 12.4. The minimum Gasteiger partial charge on any atom is -0.494 e. The van der Waals surface area contributed by atoms with Crippen LogP contribution in [-0.2, 0) is 16.1 Å². The van der Waals surface area contributed by atoms with Gasteiger partial charge < -0.3 is 23.8 Å². The Hall–Kier alpha value is -5.06. The monoisotopic (exact) mass is 641 g/mol. The summed E-state index contributed by atoms with van der Waals surface area (Å²) in [7, 11) is 0. The smallest absolute Gasteiger partial charge is 0.420 e. The zero-order valence-electron chi connectivity index (χ0n) is 27.7. The highest BCUT2D eigenvalue weighted by Gasteiger charge is 2.35. The zero-order valence-corrected chi connectivity index (χ0v) is 27.7. The molecule has 1 saturated heterocycles. The number of rotatable bonds is 10. The molecule has 11 heteroatoms. The molecule has 248 valence electrons. The average molecular weight is 642 g/mol. The Labute approximate surface area is 275 Å². The van der Waals surface area contributed by atoms with Gasteiger partial charge in [-0.15, -0.1) is 6.58 Å². The summed E-state index contributed by atoms with van der Waals surface area (Å²) in [5.74, 6) is 1.51. The molecule has 0 radical (unpaired) electrons. The molecule has 4 aromatic rings. The first kappa shape index (κ1) is 33.3. The van der Waals surface area contributed by atoms with Crippen molar-refractivity contribution in [2.45, 2.75) is 65.8 Å². The van der Waals surface area contributed by atoms with Crippen molar-refractivity contribution in [3.05, 3.63) is 90.6 Å². The summed E-state index contributed by atoms with van der Waals surface area (Å²) in [6.45, 7) is 14.7. The van der Waals surface area contributed by atoms with E-state index in [9.17, 15) is 9.59 Å². The molecule has 0 spiro atoms. The Kier molecular flexibility index (Phi) is 10.3. The third-order valence-corrected chi connectivity index (χ3v) is 7.78. The van der Waals surface area contributed by atoms with Crippen LogP contribution in [-0.4, -0.2) is 63.1 Å². The molecule has 0 unspecified atom stereocenters. The molecule has 1 aliphatic heterocycles. The molecule has 11 nitrogen and oxygen atoms in total. The number of anilines is 2. The maximum absolute atomic E-state index is 13.9. The molecule has 5 rings (SSSR count). The van der Waals surface area contributed by atoms with E-state index < -0.39 is 23.9 Å². The minimum atomic E-state index is -0.761. The summed E-state index contributed by atoms with van der Waals surface area (Å²) in [5.41, 5.74) is 1.76. The van der Waals surface area contributed by atoms with E-state index in [1.807, 2.05) is 71.0 Å². The van der Waals surface area contributed by atoms with Crippen LogP contribution < -0.4 is 14.4 Å². The van der Waals surface area contributed by atoms with Gasteiger partial charge in [0.2, 0.25) is 5.88 Å². The first-order valence-electron chi connectivity index (χ1n) is 15.9. The number of carbonyl (C=O) groups is 2. The van der Waals surface area contributed by atoms with Gasteiger partial charge in [0.25, 0.3) is 0 Å². The van der Waals surface area contributed by atoms with E-state index in [0.29, 0.717) is 66.9 Å². The van der Waals surface area contributed by atoms with E-state index in [2.05, 4.69) is 11.7 Å². The van der Waals surface area contributed by atoms with Crippen molar-refractivity contribution in [1.82, 2.24) is 19.5 Å². The van der Waals surface area contributed by atoms with E-state index in [4.69, 9.17) is 23.9 Å². The fourth-order valence-electron chi connectivity index (χ4n) is 5.55. The molecule has 3 heterocycles. The van der Waals surface area contributed by atoms with Crippen LogP contribution in [0.25, 0.3) is 5.65 Å². The third kappa shape index (κ3) is 8.03. The van der Waals surface area contributed by atoms with Crippen LogP contribution >= 0.6 is 0 Å². The SMILES string of the molecule is C=CC[C@H]1CCN(C(=O)OCc2ccccc2)C[C@@H]1Oc1nc2ccnn2c(N(C(=O)OC(C)(C)C)c2ccc(OCC)cc2)c1C. The molecule has 0 aliphatic carbocycles. The minimum absolute atomic E-state index is 0.0875. The second kappa shape index (κ2) is 14.6. The number of hydrogen-bond donors (Lipinski definition) is 0. The van der Waals surface area contributed by atoms with Crippen LogP contribution in [0.5, 0.6) is 11.6 Å². The summed E-state index contributed by atoms with van der Waals surface area (Å²) >= 11 is 0. The fraction of sp³-hybridized carbons (Fsp3) is 0.389. The van der Waals surface area contributed by atoms with Gasteiger partial charge in [-0.2, -0.15) is 14.6 Å². The van der Waals surface area contributed by atoms with Crippen LogP contribution in [0, 0.1) is 12.8 Å². The van der Waals surface area contributed by atoms with Gasteiger partial charge in [-0.05, 0) is 77.3 Å². The van der Waals surface area contributed by atoms with Crippen LogP contribution in [0.1, 0.15) is 51.7 Å². The lowest BCUT2D eigenvalue weighted by molar-refractivity contribution is 0.0250. The molecule has 2 aromatic heterocycles. The third-order valence-electron chi connectivity index (χ3n) is 7.78. The van der Waals surface area contributed by atoms with Gasteiger partial charge in [0.15, 0.2) is 11.5 Å². The van der Waals surface area contributed by atoms with Gasteiger partial charge in [0.05, 0.1) is 30.6 Å². The Morgan fingerprint density at radius 3 is 2.51 bits per heavy atom. The van der Waals surface area contributed by atoms with Crippen LogP contribution in [0.3, 0.4) is 0 Å². The van der Waals surface area contributed by atoms with Gasteiger partial charge >= 0.3 is 12.2 Å². The first-order chi connectivity index (χ1) is 22.6. The Bertz CT molecular complexity index is 1680. The van der Waals surface area contributed by atoms with Gasteiger partial charge in [-0.1, -0.05) is 36.4 Å². The largest absolute Gasteiger partial charge is 0.494 e. The summed E-state index contributed by atoms with van der Waals surface area (Å²) in [6, 6.07) is 18.5. The van der Waals surface area contributed by atoms with Gasteiger partial charge in [-0.3, -0.25) is 0 Å². The predicted octanol–water partition coefficient (Wildman–Crippen LogP) is 7.49. The highest BCUT2D eigenvalue weighted by Crippen LogP contribution is 2.37. The van der Waals surface area contributed by atoms with E-state index in [1.165, 1.54) is 4.90 Å². The fourth-order valence-corrected chi connectivity index (χ4v) is 5.55. The number of ether oxygens (including phenoxy) is 4. The lowest BCUT2D eigenvalue weighted by Crippen LogP contribution is -2.49. The van der Waals surface area contributed by atoms with E-state index in [0.717, 1.165) is 5.56 Å². The first-order valence-corrected chi connectivity index (χ1v) is 15.9. The lowest BCUT2D eigenvalue weighted by Gasteiger charge is -2.37. The topological polar surface area (TPSA) is 108 Å². The molecule has 2 atom stereocenters. The number of aromatic nitrogens is 3. The van der Waals surface area contributed by atoms with E-state index >= 15 is 0 Å². The summed E-state index contributed by atoms with van der Waals surface area (Å²) < 4.78 is 25.4. The molecule has 0 N–H and O–H groups in total. The molecule has 47 heavy (non-hydrogen) atoms. The highest BCUT2D eigenvalue weighted by molar-refractivity contribution is 5.96. The highest BCUT2D eigenvalue weighted by atomic mass is 16.6. The molecule has 2 aromatic carbocycles. The zero-order chi connectivity index (χ0) is 33.6. The number of allylic oxidation sites excluding steroid dienone is 1. The summed E-state index contributed by atoms with van der Waals surface area (Å²) in [4.78, 5) is 35.0. The van der Waals surface area contributed by atoms with Crippen LogP contribution in [0.4, 0.5) is 21.1 Å². The number of likely N-dealkylation sites (tertiary alicyclic amines) is 1. The van der Waals surface area contributed by atoms with E-state index in [-0.39, 0.29) is 12.5 Å². The Morgan fingerprint density at radius 2 is 1.83 bits per heavy atom. The lowest BCUT2D eigenvalue weighted by atomic mass is 9.91. The van der Waals surface area contributed by atoms with E-state index in [1.54, 1.807) is 45.9 Å². The normalized spacial score (nSPS) is 16.4. The number of fused-ring (bicyclic) bond motifs is 1. The predicted molar refractivity (Wildman–Crippen MR) is 179 cm³/mol. The molecule has 2 amide bonds. The average Bonchev–Trinajstić information content (AvgIpc) is 3.51. The summed E-state index contributed by atoms with van der Waals surface area (Å²) in [5, 5.41) is 4.51. The number of hydrogen-bond acceptors (Lipinski definition) is 8. The second-order valence-electron chi connectivity index (χ2n) is 12.4. The van der Waals surface area contributed by atoms with Gasteiger partial charge in [0.1, 0.15) is 24.1 Å². The van der Waals surface area contributed by atoms with Crippen LogP contribution in [0.15, 0.2) is 79.5 Å². The molecule has 0 bridgehead atoms. The van der Waals surface area contributed by atoms with Crippen molar-refractivity contribution in [3.8, 4) is 11.6 Å². The molecular weight excluding hydrogens is 598 g/mol. The molecule has 1 fully saturated rings. The summed E-state index contributed by atoms with van der Waals surface area (Å²) in [6.07, 6.45) is 3.49. The van der Waals surface area contributed by atoms with Crippen molar-refractivity contribution >= 4 is 29.3 Å².